The molecule has 0 aromatic heterocycles. The Morgan fingerprint density at radius 2 is 0.958 bits per heavy atom. The van der Waals surface area contributed by atoms with Crippen LogP contribution in [0.5, 0.6) is 11.5 Å². The lowest BCUT2D eigenvalue weighted by Crippen LogP contribution is -2.63. The summed E-state index contributed by atoms with van der Waals surface area (Å²) in [5.41, 5.74) is 0. The minimum Gasteiger partial charge on any atom is -0.498 e. The maximum atomic E-state index is 15.1. The normalized spacial score (nSPS) is 13.4. The Balaban J connectivity index is 2.26. The van der Waals surface area contributed by atoms with Gasteiger partial charge in [0.2, 0.25) is 0 Å². The second kappa shape index (κ2) is 15.0. The van der Waals surface area contributed by atoms with Crippen LogP contribution in [-0.4, -0.2) is 58.1 Å². The maximum absolute atomic E-state index is 15.1. The van der Waals surface area contributed by atoms with Crippen LogP contribution in [-0.2, 0) is 23.2 Å². The Morgan fingerprint density at radius 3 is 1.33 bits per heavy atom. The fraction of sp³-hybridized carbons (Fsp3) is 0.267. The highest BCUT2D eigenvalue weighted by Gasteiger charge is 2.86. The third kappa shape index (κ3) is 7.65. The van der Waals surface area contributed by atoms with Crippen molar-refractivity contribution in [1.82, 2.24) is 0 Å². The Bertz CT molecular complexity index is 1560. The highest BCUT2D eigenvalue weighted by atomic mass is 32.3. The monoisotopic (exact) mass is 734 g/mol. The fourth-order valence-corrected chi connectivity index (χ4v) is 9.07. The number of hydrogen-bond donors (Lipinski definition) is 0. The minimum atomic E-state index is -7.52. The Hall–Kier alpha value is -4.03. The first-order valence-corrected chi connectivity index (χ1v) is 16.3. The lowest BCUT2D eigenvalue weighted by Gasteiger charge is -2.41. The molecule has 0 radical (unpaired) electrons. The van der Waals surface area contributed by atoms with E-state index in [1.54, 1.807) is 0 Å². The van der Waals surface area contributed by atoms with Gasteiger partial charge in [-0.3, -0.25) is 0 Å². The van der Waals surface area contributed by atoms with Crippen molar-refractivity contribution >= 4 is 20.4 Å². The molecule has 0 saturated carbocycles. The molecule has 0 N–H and O–H groups in total. The van der Waals surface area contributed by atoms with Crippen LogP contribution in [0.25, 0.3) is 0 Å². The van der Waals surface area contributed by atoms with Gasteiger partial charge in [0.15, 0.2) is 0 Å². The molecule has 18 heteroatoms. The summed E-state index contributed by atoms with van der Waals surface area (Å²) in [6.45, 7) is 6.82. The third-order valence-corrected chi connectivity index (χ3v) is 11.4. The molecule has 0 unspecified atom stereocenters. The zero-order valence-electron chi connectivity index (χ0n) is 24.5. The molecular weight excluding hydrogens is 707 g/mol. The number of alkyl halides is 9. The molecule has 0 heterocycles. The van der Waals surface area contributed by atoms with Crippen molar-refractivity contribution in [2.45, 2.75) is 38.0 Å². The van der Waals surface area contributed by atoms with E-state index in [4.69, 9.17) is 22.6 Å². The summed E-state index contributed by atoms with van der Waals surface area (Å²) in [5, 5.41) is -7.12. The van der Waals surface area contributed by atoms with Gasteiger partial charge in [-0.15, -0.1) is 0 Å². The lowest BCUT2D eigenvalue weighted by molar-refractivity contribution is -0.382. The second-order valence-corrected chi connectivity index (χ2v) is 13.8. The Labute approximate surface area is 271 Å². The van der Waals surface area contributed by atoms with Gasteiger partial charge in [-0.2, -0.15) is 47.9 Å². The Morgan fingerprint density at radius 1 is 0.562 bits per heavy atom. The van der Waals surface area contributed by atoms with Crippen molar-refractivity contribution in [3.8, 4) is 11.5 Å². The first kappa shape index (κ1) is 38.4. The summed E-state index contributed by atoms with van der Waals surface area (Å²) < 4.78 is 177. The van der Waals surface area contributed by atoms with Crippen LogP contribution < -0.4 is 9.47 Å². The number of hydrogen-bond acceptors (Lipinski definition) is 7. The molecule has 0 spiro atoms. The molecule has 0 aliphatic heterocycles. The van der Waals surface area contributed by atoms with E-state index in [0.29, 0.717) is 0 Å². The molecular formula is C30H27F9O7S2. The highest BCUT2D eigenvalue weighted by Crippen LogP contribution is 2.71. The van der Waals surface area contributed by atoms with Crippen molar-refractivity contribution in [2.75, 3.05) is 26.4 Å². The van der Waals surface area contributed by atoms with Gasteiger partial charge in [-0.05, 0) is 71.0 Å². The van der Waals surface area contributed by atoms with Crippen molar-refractivity contribution in [1.29, 1.82) is 0 Å². The Kier molecular flexibility index (Phi) is 12.0. The summed E-state index contributed by atoms with van der Waals surface area (Å²) >= 11 is 0. The summed E-state index contributed by atoms with van der Waals surface area (Å²) in [7, 11) is -11.6. The van der Waals surface area contributed by atoms with Crippen LogP contribution in [0.15, 0.2) is 119 Å². The molecule has 7 nitrogen and oxygen atoms in total. The van der Waals surface area contributed by atoms with Gasteiger partial charge in [0.05, 0.1) is 12.5 Å². The van der Waals surface area contributed by atoms with Gasteiger partial charge >= 0.3 is 33.4 Å². The van der Waals surface area contributed by atoms with Gasteiger partial charge in [0.1, 0.15) is 37.9 Å². The molecule has 3 aromatic rings. The van der Waals surface area contributed by atoms with E-state index in [2.05, 4.69) is 13.2 Å². The van der Waals surface area contributed by atoms with Gasteiger partial charge < -0.3 is 18.9 Å². The summed E-state index contributed by atoms with van der Waals surface area (Å²) in [6, 6.07) is 15.8. The largest absolute Gasteiger partial charge is 0.498 e. The van der Waals surface area contributed by atoms with Crippen LogP contribution in [0.2, 0.25) is 0 Å². The predicted molar refractivity (Wildman–Crippen MR) is 156 cm³/mol. The van der Waals surface area contributed by atoms with Crippen molar-refractivity contribution in [3.63, 3.8) is 0 Å². The lowest BCUT2D eigenvalue weighted by atomic mass is 10.1. The predicted octanol–water partition coefficient (Wildman–Crippen LogP) is 8.73. The van der Waals surface area contributed by atoms with E-state index in [-0.39, 0.29) is 52.6 Å². The van der Waals surface area contributed by atoms with Crippen molar-refractivity contribution < 1.29 is 70.5 Å². The summed E-state index contributed by atoms with van der Waals surface area (Å²) in [4.78, 5) is -0.834. The maximum Gasteiger partial charge on any atom is 0.460 e. The van der Waals surface area contributed by atoms with Crippen LogP contribution in [0.1, 0.15) is 0 Å². The molecule has 0 amide bonds. The first-order valence-electron chi connectivity index (χ1n) is 13.3. The standard InChI is InChI=1S/C30H27F9O7S2/c1-3-42-18-20-44-22-10-14-25(15-11-22)47(24-8-6-5-7-9-24,26-16-12-23(13-17-26)45-21-19-43-4-2)46-48(40,41)30(38,39)28(33,34)27(31,32)29(35,36)37/h3-17H,1-2,18-21H2. The van der Waals surface area contributed by atoms with Crippen molar-refractivity contribution in [3.05, 3.63) is 105 Å². The first-order chi connectivity index (χ1) is 22.4. The van der Waals surface area contributed by atoms with Crippen LogP contribution in [0.4, 0.5) is 39.5 Å². The van der Waals surface area contributed by atoms with Crippen LogP contribution in [0.3, 0.4) is 0 Å². The van der Waals surface area contributed by atoms with E-state index in [1.807, 2.05) is 0 Å². The van der Waals surface area contributed by atoms with Crippen molar-refractivity contribution in [2.24, 2.45) is 0 Å². The topological polar surface area (TPSA) is 80.3 Å². The second-order valence-electron chi connectivity index (χ2n) is 9.27. The SMILES string of the molecule is C=COCCOc1ccc(S(OS(=O)(=O)C(F)(F)C(F)(F)C(F)(F)C(F)(F)F)(c2ccccc2)c2ccc(OCCOC=C)cc2)cc1. The van der Waals surface area contributed by atoms with Gasteiger partial charge in [-0.25, -0.2) is 3.63 Å². The highest BCUT2D eigenvalue weighted by molar-refractivity contribution is 8.33. The molecule has 0 saturated heterocycles. The number of halogens is 9. The average Bonchev–Trinajstić information content (AvgIpc) is 3.04. The summed E-state index contributed by atoms with van der Waals surface area (Å²) in [6.07, 6.45) is -4.97. The van der Waals surface area contributed by atoms with Crippen LogP contribution >= 0.6 is 10.3 Å². The molecule has 0 aliphatic carbocycles. The van der Waals surface area contributed by atoms with E-state index >= 15 is 8.78 Å². The number of ether oxygens (including phenoxy) is 4. The third-order valence-electron chi connectivity index (χ3n) is 6.18. The number of benzene rings is 3. The van der Waals surface area contributed by atoms with E-state index in [0.717, 1.165) is 36.8 Å². The van der Waals surface area contributed by atoms with Gasteiger partial charge in [0, 0.05) is 14.7 Å². The molecule has 264 valence electrons. The average molecular weight is 735 g/mol. The molecule has 0 atom stereocenters. The van der Waals surface area contributed by atoms with Gasteiger partial charge in [0.25, 0.3) is 0 Å². The number of rotatable bonds is 18. The molecule has 0 bridgehead atoms. The van der Waals surface area contributed by atoms with E-state index in [9.17, 15) is 39.2 Å². The van der Waals surface area contributed by atoms with E-state index in [1.165, 1.54) is 54.6 Å². The quantitative estimate of drug-likeness (QED) is 0.0735. The fourth-order valence-electron chi connectivity index (χ4n) is 3.87. The minimum absolute atomic E-state index is 0.0129. The summed E-state index contributed by atoms with van der Waals surface area (Å²) in [5.74, 6) is -14.8. The zero-order chi connectivity index (χ0) is 35.9. The van der Waals surface area contributed by atoms with Gasteiger partial charge in [-0.1, -0.05) is 31.4 Å². The van der Waals surface area contributed by atoms with Crippen LogP contribution in [0, 0.1) is 0 Å². The molecule has 3 rings (SSSR count). The molecule has 48 heavy (non-hydrogen) atoms. The zero-order valence-corrected chi connectivity index (χ0v) is 26.1. The van der Waals surface area contributed by atoms with E-state index < -0.39 is 43.7 Å². The molecule has 3 aromatic carbocycles. The molecule has 0 fully saturated rings. The smallest absolute Gasteiger partial charge is 0.460 e. The molecule has 0 aliphatic rings.